The van der Waals surface area contributed by atoms with Gasteiger partial charge >= 0.3 is 17.9 Å². The van der Waals surface area contributed by atoms with Gasteiger partial charge < -0.3 is 14.9 Å². The standard InChI is InChI=1S/C12H12O6/c1-5-4-7(10(13)14)9(11(15)16)6(2)8(5)12(17)18-3/h4H,1-3H3,(H,13,14)(H,15,16). The van der Waals surface area contributed by atoms with Gasteiger partial charge in [-0.05, 0) is 31.0 Å². The summed E-state index contributed by atoms with van der Waals surface area (Å²) in [7, 11) is 1.17. The first kappa shape index (κ1) is 13.7. The van der Waals surface area contributed by atoms with Crippen molar-refractivity contribution < 1.29 is 29.3 Å². The smallest absolute Gasteiger partial charge is 0.338 e. The monoisotopic (exact) mass is 252 g/mol. The lowest BCUT2D eigenvalue weighted by atomic mass is 9.93. The van der Waals surface area contributed by atoms with Crippen molar-refractivity contribution in [1.82, 2.24) is 0 Å². The van der Waals surface area contributed by atoms with Gasteiger partial charge in [0.25, 0.3) is 0 Å². The molecule has 0 aliphatic heterocycles. The Hall–Kier alpha value is -2.37. The summed E-state index contributed by atoms with van der Waals surface area (Å²) in [5.41, 5.74) is -0.202. The minimum atomic E-state index is -1.39. The first-order valence-electron chi connectivity index (χ1n) is 5.00. The van der Waals surface area contributed by atoms with Crippen molar-refractivity contribution in [2.75, 3.05) is 7.11 Å². The van der Waals surface area contributed by atoms with Gasteiger partial charge in [0.05, 0.1) is 23.8 Å². The van der Waals surface area contributed by atoms with E-state index in [1.165, 1.54) is 21.0 Å². The lowest BCUT2D eigenvalue weighted by Gasteiger charge is -2.13. The van der Waals surface area contributed by atoms with E-state index in [4.69, 9.17) is 10.2 Å². The quantitative estimate of drug-likeness (QED) is 0.790. The summed E-state index contributed by atoms with van der Waals surface area (Å²) < 4.78 is 4.55. The van der Waals surface area contributed by atoms with Gasteiger partial charge in [-0.25, -0.2) is 14.4 Å². The Balaban J connectivity index is 3.71. The molecule has 0 radical (unpaired) electrons. The second-order valence-corrected chi connectivity index (χ2v) is 3.72. The van der Waals surface area contributed by atoms with E-state index in [9.17, 15) is 14.4 Å². The molecular weight excluding hydrogens is 240 g/mol. The third kappa shape index (κ3) is 2.17. The number of carbonyl (C=O) groups excluding carboxylic acids is 1. The zero-order valence-electron chi connectivity index (χ0n) is 10.1. The highest BCUT2D eigenvalue weighted by Gasteiger charge is 2.25. The van der Waals surface area contributed by atoms with E-state index in [-0.39, 0.29) is 16.7 Å². The molecule has 0 aliphatic carbocycles. The van der Waals surface area contributed by atoms with Crippen LogP contribution in [-0.4, -0.2) is 35.2 Å². The molecule has 2 N–H and O–H groups in total. The van der Waals surface area contributed by atoms with Crippen molar-refractivity contribution in [2.45, 2.75) is 13.8 Å². The Labute approximate surface area is 103 Å². The van der Waals surface area contributed by atoms with E-state index < -0.39 is 23.5 Å². The highest BCUT2D eigenvalue weighted by molar-refractivity contribution is 6.06. The molecule has 0 heterocycles. The number of carbonyl (C=O) groups is 3. The fourth-order valence-corrected chi connectivity index (χ4v) is 1.84. The number of benzene rings is 1. The predicted molar refractivity (Wildman–Crippen MR) is 61.2 cm³/mol. The number of hydrogen-bond donors (Lipinski definition) is 2. The molecule has 0 saturated carbocycles. The van der Waals surface area contributed by atoms with Crippen LogP contribution in [-0.2, 0) is 4.74 Å². The largest absolute Gasteiger partial charge is 0.478 e. The highest BCUT2D eigenvalue weighted by atomic mass is 16.5. The summed E-state index contributed by atoms with van der Waals surface area (Å²) in [5, 5.41) is 18.0. The minimum Gasteiger partial charge on any atom is -0.478 e. The van der Waals surface area contributed by atoms with Crippen LogP contribution < -0.4 is 0 Å². The number of aryl methyl sites for hydroxylation is 1. The van der Waals surface area contributed by atoms with Crippen LogP contribution in [0.15, 0.2) is 6.07 Å². The van der Waals surface area contributed by atoms with E-state index in [0.717, 1.165) is 6.07 Å². The van der Waals surface area contributed by atoms with Gasteiger partial charge in [-0.2, -0.15) is 0 Å². The molecule has 0 unspecified atom stereocenters. The molecule has 6 nitrogen and oxygen atoms in total. The number of rotatable bonds is 3. The van der Waals surface area contributed by atoms with E-state index in [0.29, 0.717) is 5.56 Å². The molecule has 0 aromatic heterocycles. The number of hydrogen-bond acceptors (Lipinski definition) is 4. The molecule has 0 spiro atoms. The van der Waals surface area contributed by atoms with Gasteiger partial charge in [-0.15, -0.1) is 0 Å². The minimum absolute atomic E-state index is 0.0832. The van der Waals surface area contributed by atoms with Crippen LogP contribution in [0.2, 0.25) is 0 Å². The molecule has 1 aromatic rings. The average Bonchev–Trinajstić information content (AvgIpc) is 2.26. The molecule has 0 bridgehead atoms. The van der Waals surface area contributed by atoms with Crippen LogP contribution in [0.3, 0.4) is 0 Å². The number of aromatic carboxylic acids is 2. The maximum Gasteiger partial charge on any atom is 0.338 e. The fraction of sp³-hybridized carbons (Fsp3) is 0.250. The Morgan fingerprint density at radius 1 is 1.06 bits per heavy atom. The van der Waals surface area contributed by atoms with Gasteiger partial charge in [0.2, 0.25) is 0 Å². The molecule has 1 rings (SSSR count). The molecule has 1 aromatic carbocycles. The summed E-state index contributed by atoms with van der Waals surface area (Å²) in [4.78, 5) is 33.7. The lowest BCUT2D eigenvalue weighted by molar-refractivity contribution is 0.0596. The SMILES string of the molecule is COC(=O)c1c(C)cc(C(=O)O)c(C(=O)O)c1C. The van der Waals surface area contributed by atoms with Crippen molar-refractivity contribution in [3.05, 3.63) is 33.9 Å². The van der Waals surface area contributed by atoms with Crippen LogP contribution >= 0.6 is 0 Å². The van der Waals surface area contributed by atoms with Crippen LogP contribution in [0.5, 0.6) is 0 Å². The highest BCUT2D eigenvalue weighted by Crippen LogP contribution is 2.23. The third-order valence-electron chi connectivity index (χ3n) is 2.61. The van der Waals surface area contributed by atoms with E-state index >= 15 is 0 Å². The first-order chi connectivity index (χ1) is 8.31. The Morgan fingerprint density at radius 3 is 2.00 bits per heavy atom. The Morgan fingerprint density at radius 2 is 1.61 bits per heavy atom. The van der Waals surface area contributed by atoms with Crippen LogP contribution in [0, 0.1) is 13.8 Å². The van der Waals surface area contributed by atoms with Crippen LogP contribution in [0.25, 0.3) is 0 Å². The number of ether oxygens (including phenoxy) is 1. The normalized spacial score (nSPS) is 9.94. The maximum atomic E-state index is 11.5. The topological polar surface area (TPSA) is 101 Å². The molecule has 0 saturated heterocycles. The summed E-state index contributed by atoms with van der Waals surface area (Å²) >= 11 is 0. The summed E-state index contributed by atoms with van der Waals surface area (Å²) in [6.07, 6.45) is 0. The van der Waals surface area contributed by atoms with Crippen molar-refractivity contribution in [2.24, 2.45) is 0 Å². The van der Waals surface area contributed by atoms with E-state index in [1.54, 1.807) is 0 Å². The first-order valence-corrected chi connectivity index (χ1v) is 5.00. The Bertz CT molecular complexity index is 544. The number of methoxy groups -OCH3 is 1. The van der Waals surface area contributed by atoms with Gasteiger partial charge in [-0.3, -0.25) is 0 Å². The molecular formula is C12H12O6. The van der Waals surface area contributed by atoms with Crippen molar-refractivity contribution >= 4 is 17.9 Å². The second kappa shape index (κ2) is 4.87. The maximum absolute atomic E-state index is 11.5. The summed E-state index contributed by atoms with van der Waals surface area (Å²) in [6.45, 7) is 2.91. The van der Waals surface area contributed by atoms with E-state index in [1.807, 2.05) is 0 Å². The molecule has 96 valence electrons. The molecule has 6 heteroatoms. The van der Waals surface area contributed by atoms with Gasteiger partial charge in [0.1, 0.15) is 0 Å². The van der Waals surface area contributed by atoms with Crippen molar-refractivity contribution in [1.29, 1.82) is 0 Å². The van der Waals surface area contributed by atoms with Gasteiger partial charge in [0, 0.05) is 0 Å². The number of carboxylic acids is 2. The molecule has 0 aliphatic rings. The van der Waals surface area contributed by atoms with Crippen molar-refractivity contribution in [3.8, 4) is 0 Å². The Kier molecular flexibility index (Phi) is 3.70. The third-order valence-corrected chi connectivity index (χ3v) is 2.61. The molecule has 0 fully saturated rings. The average molecular weight is 252 g/mol. The van der Waals surface area contributed by atoms with Crippen molar-refractivity contribution in [3.63, 3.8) is 0 Å². The van der Waals surface area contributed by atoms with E-state index in [2.05, 4.69) is 4.74 Å². The fourth-order valence-electron chi connectivity index (χ4n) is 1.84. The van der Waals surface area contributed by atoms with Crippen LogP contribution in [0.4, 0.5) is 0 Å². The lowest BCUT2D eigenvalue weighted by Crippen LogP contribution is -2.16. The zero-order valence-corrected chi connectivity index (χ0v) is 10.1. The molecule has 0 atom stereocenters. The van der Waals surface area contributed by atoms with Gasteiger partial charge in [-0.1, -0.05) is 0 Å². The molecule has 18 heavy (non-hydrogen) atoms. The number of carboxylic acid groups (broad SMARTS) is 2. The summed E-state index contributed by atoms with van der Waals surface area (Å²) in [6, 6.07) is 1.16. The molecule has 0 amide bonds. The van der Waals surface area contributed by atoms with Gasteiger partial charge in [0.15, 0.2) is 0 Å². The van der Waals surface area contributed by atoms with Crippen LogP contribution in [0.1, 0.15) is 42.2 Å². The number of esters is 1. The summed E-state index contributed by atoms with van der Waals surface area (Å²) in [5.74, 6) is -3.44. The zero-order chi connectivity index (χ0) is 14.0. The predicted octanol–water partition coefficient (Wildman–Crippen LogP) is 1.49. The second-order valence-electron chi connectivity index (χ2n) is 3.72.